The van der Waals surface area contributed by atoms with Gasteiger partial charge in [-0.25, -0.2) is 0 Å². The summed E-state index contributed by atoms with van der Waals surface area (Å²) in [6.07, 6.45) is 45.5. The van der Waals surface area contributed by atoms with Crippen molar-refractivity contribution in [2.45, 2.75) is 233 Å². The third kappa shape index (κ3) is 49.8. The van der Waals surface area contributed by atoms with E-state index in [1.807, 2.05) is 0 Å². The first-order chi connectivity index (χ1) is 22.5. The van der Waals surface area contributed by atoms with Crippen LogP contribution < -0.4 is 10.6 Å². The van der Waals surface area contributed by atoms with Crippen LogP contribution in [0.5, 0.6) is 0 Å². The van der Waals surface area contributed by atoms with Crippen molar-refractivity contribution in [1.82, 2.24) is 10.6 Å². The molecule has 0 aromatic rings. The van der Waals surface area contributed by atoms with E-state index >= 15 is 0 Å². The van der Waals surface area contributed by atoms with Crippen molar-refractivity contribution in [1.29, 1.82) is 0 Å². The number of carbonyl (C=O) groups is 2. The average Bonchev–Trinajstić information content (AvgIpc) is 3.03. The maximum atomic E-state index is 12.0. The molecule has 0 aliphatic heterocycles. The first-order valence-electron chi connectivity index (χ1n) is 20.7. The number of rotatable bonds is 37. The molecule has 0 saturated carbocycles. The number of carbonyl (C=O) groups excluding carboxylic acids is 1. The van der Waals surface area contributed by atoms with Crippen LogP contribution in [0.4, 0.5) is 0 Å². The molecule has 5 heteroatoms. The zero-order valence-corrected chi connectivity index (χ0v) is 31.7. The lowest BCUT2D eigenvalue weighted by molar-refractivity contribution is -0.134. The van der Waals surface area contributed by atoms with E-state index in [1.54, 1.807) is 0 Å². The summed E-state index contributed by atoms with van der Waals surface area (Å²) < 4.78 is 0. The van der Waals surface area contributed by atoms with Crippen molar-refractivity contribution in [3.8, 4) is 0 Å². The Bertz CT molecular complexity index is 580. The van der Waals surface area contributed by atoms with Gasteiger partial charge in [-0.2, -0.15) is 0 Å². The van der Waals surface area contributed by atoms with E-state index in [4.69, 9.17) is 9.90 Å². The lowest BCUT2D eigenvalue weighted by atomic mass is 10.0. The Morgan fingerprint density at radius 2 is 0.630 bits per heavy atom. The first-order valence-corrected chi connectivity index (χ1v) is 20.7. The molecule has 0 aromatic heterocycles. The quantitative estimate of drug-likeness (QED) is 0.0583. The summed E-state index contributed by atoms with van der Waals surface area (Å²) in [7, 11) is 0. The molecule has 0 spiro atoms. The molecule has 0 fully saturated rings. The Balaban J connectivity index is 0. The van der Waals surface area contributed by atoms with Crippen molar-refractivity contribution >= 4 is 11.9 Å². The number of unbranched alkanes of at least 4 members (excludes halogenated alkanes) is 30. The molecule has 0 unspecified atom stereocenters. The Morgan fingerprint density at radius 1 is 0.391 bits per heavy atom. The molecule has 0 aliphatic carbocycles. The molecule has 0 rings (SSSR count). The fraction of sp³-hybridized carbons (Fsp3) is 0.951. The highest BCUT2D eigenvalue weighted by molar-refractivity contribution is 5.75. The summed E-state index contributed by atoms with van der Waals surface area (Å²) in [5, 5.41) is 14.0. The average molecular weight is 653 g/mol. The molecule has 3 N–H and O–H groups in total. The number of nitrogens with one attached hydrogen (secondary N) is 2. The van der Waals surface area contributed by atoms with Crippen LogP contribution in [0.2, 0.25) is 0 Å². The van der Waals surface area contributed by atoms with Crippen LogP contribution in [-0.4, -0.2) is 36.6 Å². The summed E-state index contributed by atoms with van der Waals surface area (Å²) in [6, 6.07) is 0. The zero-order valence-electron chi connectivity index (χ0n) is 31.7. The second kappa shape index (κ2) is 43.9. The molecule has 0 atom stereocenters. The highest BCUT2D eigenvalue weighted by Gasteiger charge is 2.01. The zero-order chi connectivity index (χ0) is 34.0. The molecule has 0 aliphatic rings. The lowest BCUT2D eigenvalue weighted by Gasteiger charge is -2.07. The third-order valence-corrected chi connectivity index (χ3v) is 9.09. The highest BCUT2D eigenvalue weighted by atomic mass is 16.4. The van der Waals surface area contributed by atoms with Crippen molar-refractivity contribution in [2.24, 2.45) is 0 Å². The molecule has 0 bridgehead atoms. The number of amides is 1. The predicted octanol–water partition coefficient (Wildman–Crippen LogP) is 12.7. The SMILES string of the molecule is CC(=O)O.CCCCCCCCCCCCCCCCCCNCCC(=O)NCCCCCCCCCCCCCCCCCC. The van der Waals surface area contributed by atoms with Crippen molar-refractivity contribution in [2.75, 3.05) is 19.6 Å². The van der Waals surface area contributed by atoms with Gasteiger partial charge in [0.15, 0.2) is 0 Å². The second-order valence-corrected chi connectivity index (χ2v) is 14.0. The molecule has 276 valence electrons. The smallest absolute Gasteiger partial charge is 0.300 e. The minimum absolute atomic E-state index is 0.218. The summed E-state index contributed by atoms with van der Waals surface area (Å²) >= 11 is 0. The third-order valence-electron chi connectivity index (χ3n) is 9.09. The predicted molar refractivity (Wildman–Crippen MR) is 203 cm³/mol. The van der Waals surface area contributed by atoms with E-state index in [1.165, 1.54) is 199 Å². The van der Waals surface area contributed by atoms with Crippen LogP contribution in [0.3, 0.4) is 0 Å². The highest BCUT2D eigenvalue weighted by Crippen LogP contribution is 2.15. The van der Waals surface area contributed by atoms with Crippen LogP contribution in [0.25, 0.3) is 0 Å². The van der Waals surface area contributed by atoms with Gasteiger partial charge in [0.1, 0.15) is 0 Å². The molecule has 1 amide bonds. The molecule has 0 saturated heterocycles. The molecule has 46 heavy (non-hydrogen) atoms. The standard InChI is InChI=1S/C39H80N2O.C2H4O2/c1-3-5-7-9-11-13-15-17-19-21-23-25-27-29-31-33-36-40-38-35-39(42)41-37-34-32-30-28-26-24-22-20-18-16-14-12-10-8-6-4-2;1-2(3)4/h40H,3-38H2,1-2H3,(H,41,42);1H3,(H,3,4). The topological polar surface area (TPSA) is 78.4 Å². The van der Waals surface area contributed by atoms with Gasteiger partial charge in [-0.15, -0.1) is 0 Å². The minimum atomic E-state index is -0.833. The normalized spacial score (nSPS) is 10.9. The van der Waals surface area contributed by atoms with Gasteiger partial charge in [0.25, 0.3) is 5.97 Å². The number of aliphatic carboxylic acids is 1. The number of hydrogen-bond acceptors (Lipinski definition) is 3. The van der Waals surface area contributed by atoms with Gasteiger partial charge < -0.3 is 15.7 Å². The van der Waals surface area contributed by atoms with Crippen LogP contribution in [-0.2, 0) is 9.59 Å². The summed E-state index contributed by atoms with van der Waals surface area (Å²) in [4.78, 5) is 21.0. The number of carboxylic acids is 1. The summed E-state index contributed by atoms with van der Waals surface area (Å²) in [6.45, 7) is 8.41. The fourth-order valence-electron chi connectivity index (χ4n) is 6.11. The van der Waals surface area contributed by atoms with Gasteiger partial charge >= 0.3 is 0 Å². The molecule has 0 aromatic carbocycles. The monoisotopic (exact) mass is 653 g/mol. The van der Waals surface area contributed by atoms with E-state index in [2.05, 4.69) is 24.5 Å². The fourth-order valence-corrected chi connectivity index (χ4v) is 6.11. The maximum Gasteiger partial charge on any atom is 0.300 e. The minimum Gasteiger partial charge on any atom is -0.481 e. The van der Waals surface area contributed by atoms with Gasteiger partial charge in [-0.3, -0.25) is 9.59 Å². The lowest BCUT2D eigenvalue weighted by Crippen LogP contribution is -2.28. The molecule has 5 nitrogen and oxygen atoms in total. The Labute approximate surface area is 289 Å². The summed E-state index contributed by atoms with van der Waals surface area (Å²) in [5.74, 6) is -0.615. The first kappa shape index (κ1) is 47.0. The number of hydrogen-bond donors (Lipinski definition) is 3. The molecule has 0 radical (unpaired) electrons. The van der Waals surface area contributed by atoms with Crippen molar-refractivity contribution in [3.63, 3.8) is 0 Å². The molecular formula is C41H84N2O3. The maximum absolute atomic E-state index is 12.0. The Hall–Kier alpha value is -1.10. The van der Waals surface area contributed by atoms with Crippen LogP contribution in [0, 0.1) is 0 Å². The van der Waals surface area contributed by atoms with E-state index in [0.29, 0.717) is 6.42 Å². The number of carboxylic acid groups (broad SMARTS) is 1. The van der Waals surface area contributed by atoms with Crippen LogP contribution >= 0.6 is 0 Å². The Morgan fingerprint density at radius 3 is 0.913 bits per heavy atom. The van der Waals surface area contributed by atoms with Crippen LogP contribution in [0.15, 0.2) is 0 Å². The van der Waals surface area contributed by atoms with Crippen LogP contribution in [0.1, 0.15) is 233 Å². The largest absolute Gasteiger partial charge is 0.481 e. The summed E-state index contributed by atoms with van der Waals surface area (Å²) in [5.41, 5.74) is 0. The van der Waals surface area contributed by atoms with E-state index in [0.717, 1.165) is 33.0 Å². The van der Waals surface area contributed by atoms with Crippen molar-refractivity contribution in [3.05, 3.63) is 0 Å². The van der Waals surface area contributed by atoms with E-state index in [9.17, 15) is 4.79 Å². The van der Waals surface area contributed by atoms with E-state index < -0.39 is 5.97 Å². The van der Waals surface area contributed by atoms with Gasteiger partial charge in [-0.1, -0.05) is 206 Å². The van der Waals surface area contributed by atoms with Gasteiger partial charge in [0.2, 0.25) is 5.91 Å². The Kier molecular flexibility index (Phi) is 44.9. The molecule has 0 heterocycles. The second-order valence-electron chi connectivity index (χ2n) is 14.0. The van der Waals surface area contributed by atoms with E-state index in [-0.39, 0.29) is 5.91 Å². The van der Waals surface area contributed by atoms with Gasteiger partial charge in [0.05, 0.1) is 0 Å². The van der Waals surface area contributed by atoms with Gasteiger partial charge in [-0.05, 0) is 19.4 Å². The molecular weight excluding hydrogens is 568 g/mol. The van der Waals surface area contributed by atoms with Crippen molar-refractivity contribution < 1.29 is 14.7 Å². The van der Waals surface area contributed by atoms with Gasteiger partial charge in [0, 0.05) is 26.4 Å².